The third-order valence-electron chi connectivity index (χ3n) is 2.93. The quantitative estimate of drug-likeness (QED) is 0.601. The molecular formula is C14H16N2O2. The van der Waals surface area contributed by atoms with Gasteiger partial charge in [0.1, 0.15) is 5.82 Å². The maximum atomic E-state index is 11.7. The van der Waals surface area contributed by atoms with Gasteiger partial charge in [0.05, 0.1) is 5.56 Å². The molecule has 0 aliphatic carbocycles. The first-order chi connectivity index (χ1) is 8.70. The van der Waals surface area contributed by atoms with Crippen molar-refractivity contribution in [2.24, 2.45) is 0 Å². The number of terminal acetylenes is 1. The predicted octanol–water partition coefficient (Wildman–Crippen LogP) is 1.86. The highest BCUT2D eigenvalue weighted by Gasteiger charge is 2.15. The van der Waals surface area contributed by atoms with Crippen LogP contribution in [0.5, 0.6) is 0 Å². The van der Waals surface area contributed by atoms with Crippen LogP contribution < -0.4 is 4.90 Å². The van der Waals surface area contributed by atoms with Gasteiger partial charge in [-0.1, -0.05) is 5.92 Å². The van der Waals surface area contributed by atoms with Crippen molar-refractivity contribution in [2.45, 2.75) is 25.9 Å². The molecule has 4 heteroatoms. The molecule has 0 saturated carbocycles. The summed E-state index contributed by atoms with van der Waals surface area (Å²) in [5, 5.41) is 0. The highest BCUT2D eigenvalue weighted by Crippen LogP contribution is 2.17. The number of ether oxygens (including phenoxy) is 1. The first kappa shape index (κ1) is 12.4. The van der Waals surface area contributed by atoms with Crippen molar-refractivity contribution in [3.63, 3.8) is 0 Å². The third kappa shape index (κ3) is 2.80. The summed E-state index contributed by atoms with van der Waals surface area (Å²) < 4.78 is 5.02. The smallest absolute Gasteiger partial charge is 0.340 e. The zero-order chi connectivity index (χ0) is 13.0. The molecule has 18 heavy (non-hydrogen) atoms. The summed E-state index contributed by atoms with van der Waals surface area (Å²) in [5.74, 6) is 2.83. The number of pyridine rings is 1. The fourth-order valence-electron chi connectivity index (χ4n) is 1.90. The Labute approximate surface area is 107 Å². The van der Waals surface area contributed by atoms with E-state index >= 15 is 0 Å². The van der Waals surface area contributed by atoms with E-state index in [0.29, 0.717) is 5.56 Å². The number of carbonyl (C=O) groups is 1. The Hall–Kier alpha value is -2.02. The second kappa shape index (κ2) is 5.54. The molecule has 1 aromatic heterocycles. The van der Waals surface area contributed by atoms with Crippen molar-refractivity contribution in [1.82, 2.24) is 4.98 Å². The van der Waals surface area contributed by atoms with Crippen LogP contribution in [-0.2, 0) is 4.74 Å². The molecule has 0 N–H and O–H groups in total. The molecule has 0 radical (unpaired) electrons. The largest absolute Gasteiger partial charge is 0.446 e. The number of aromatic nitrogens is 1. The van der Waals surface area contributed by atoms with E-state index < -0.39 is 12.1 Å². The van der Waals surface area contributed by atoms with Crippen molar-refractivity contribution in [3.05, 3.63) is 23.9 Å². The first-order valence-corrected chi connectivity index (χ1v) is 6.09. The van der Waals surface area contributed by atoms with Crippen LogP contribution in [0.2, 0.25) is 0 Å². The molecule has 4 nitrogen and oxygen atoms in total. The molecule has 1 aromatic rings. The van der Waals surface area contributed by atoms with Gasteiger partial charge in [-0.15, -0.1) is 6.42 Å². The van der Waals surface area contributed by atoms with Crippen molar-refractivity contribution in [1.29, 1.82) is 0 Å². The standard InChI is InChI=1S/C14H16N2O2/c1-3-11(2)18-14(17)12-6-7-13(15-10-12)16-8-4-5-9-16/h1,6-7,10-11H,4-5,8-9H2,2H3. The molecule has 1 aliphatic rings. The summed E-state index contributed by atoms with van der Waals surface area (Å²) in [4.78, 5) is 18.2. The summed E-state index contributed by atoms with van der Waals surface area (Å²) in [7, 11) is 0. The summed E-state index contributed by atoms with van der Waals surface area (Å²) in [6.07, 6.45) is 8.58. The highest BCUT2D eigenvalue weighted by atomic mass is 16.5. The Morgan fingerprint density at radius 2 is 2.22 bits per heavy atom. The van der Waals surface area contributed by atoms with Gasteiger partial charge < -0.3 is 9.64 Å². The minimum atomic E-state index is -0.518. The lowest BCUT2D eigenvalue weighted by Gasteiger charge is -2.16. The molecule has 1 saturated heterocycles. The van der Waals surface area contributed by atoms with Gasteiger partial charge in [-0.05, 0) is 31.9 Å². The highest BCUT2D eigenvalue weighted by molar-refractivity contribution is 5.89. The molecular weight excluding hydrogens is 228 g/mol. The molecule has 1 atom stereocenters. The maximum absolute atomic E-state index is 11.7. The van der Waals surface area contributed by atoms with E-state index in [-0.39, 0.29) is 0 Å². The Morgan fingerprint density at radius 1 is 1.50 bits per heavy atom. The van der Waals surface area contributed by atoms with Crippen molar-refractivity contribution < 1.29 is 9.53 Å². The van der Waals surface area contributed by atoms with E-state index in [9.17, 15) is 4.79 Å². The van der Waals surface area contributed by atoms with Gasteiger partial charge >= 0.3 is 5.97 Å². The van der Waals surface area contributed by atoms with Crippen LogP contribution in [0, 0.1) is 12.3 Å². The van der Waals surface area contributed by atoms with Crippen molar-refractivity contribution in [2.75, 3.05) is 18.0 Å². The minimum absolute atomic E-state index is 0.430. The van der Waals surface area contributed by atoms with Crippen LogP contribution in [-0.4, -0.2) is 30.1 Å². The Morgan fingerprint density at radius 3 is 2.78 bits per heavy atom. The van der Waals surface area contributed by atoms with E-state index in [1.807, 2.05) is 6.07 Å². The molecule has 0 spiro atoms. The lowest BCUT2D eigenvalue weighted by Crippen LogP contribution is -2.19. The van der Waals surface area contributed by atoms with Crippen molar-refractivity contribution in [3.8, 4) is 12.3 Å². The second-order valence-electron chi connectivity index (χ2n) is 4.31. The number of carbonyl (C=O) groups excluding carboxylic acids is 1. The molecule has 1 unspecified atom stereocenters. The Kier molecular flexibility index (Phi) is 3.83. The van der Waals surface area contributed by atoms with Crippen molar-refractivity contribution >= 4 is 11.8 Å². The first-order valence-electron chi connectivity index (χ1n) is 6.09. The van der Waals surface area contributed by atoms with Crippen LogP contribution in [0.1, 0.15) is 30.1 Å². The lowest BCUT2D eigenvalue weighted by molar-refractivity contribution is 0.0438. The van der Waals surface area contributed by atoms with Crippen LogP contribution in [0.25, 0.3) is 0 Å². The summed E-state index contributed by atoms with van der Waals surface area (Å²) in [6.45, 7) is 3.72. The normalized spacial score (nSPS) is 16.1. The van der Waals surface area contributed by atoms with Gasteiger partial charge in [-0.2, -0.15) is 0 Å². The van der Waals surface area contributed by atoms with Crippen LogP contribution in [0.15, 0.2) is 18.3 Å². The number of rotatable bonds is 3. The molecule has 1 fully saturated rings. The van der Waals surface area contributed by atoms with E-state index in [0.717, 1.165) is 18.9 Å². The maximum Gasteiger partial charge on any atom is 0.340 e. The molecule has 0 bridgehead atoms. The summed E-state index contributed by atoms with van der Waals surface area (Å²) >= 11 is 0. The van der Waals surface area contributed by atoms with Gasteiger partial charge in [-0.3, -0.25) is 0 Å². The molecule has 0 amide bonds. The van der Waals surface area contributed by atoms with Crippen LogP contribution >= 0.6 is 0 Å². The topological polar surface area (TPSA) is 42.4 Å². The third-order valence-corrected chi connectivity index (χ3v) is 2.93. The second-order valence-corrected chi connectivity index (χ2v) is 4.31. The number of esters is 1. The minimum Gasteiger partial charge on any atom is -0.446 e. The number of hydrogen-bond donors (Lipinski definition) is 0. The van der Waals surface area contributed by atoms with E-state index in [1.54, 1.807) is 19.2 Å². The SMILES string of the molecule is C#CC(C)OC(=O)c1ccc(N2CCCC2)nc1. The van der Waals surface area contributed by atoms with Gasteiger partial charge in [0.25, 0.3) is 0 Å². The zero-order valence-corrected chi connectivity index (χ0v) is 10.4. The average Bonchev–Trinajstić information content (AvgIpc) is 2.92. The van der Waals surface area contributed by atoms with Gasteiger partial charge in [0.15, 0.2) is 6.10 Å². The Balaban J connectivity index is 2.03. The van der Waals surface area contributed by atoms with E-state index in [1.165, 1.54) is 12.8 Å². The molecule has 2 rings (SSSR count). The molecule has 2 heterocycles. The Bertz CT molecular complexity index is 456. The number of anilines is 1. The van der Waals surface area contributed by atoms with E-state index in [4.69, 9.17) is 11.2 Å². The van der Waals surface area contributed by atoms with Gasteiger partial charge in [-0.25, -0.2) is 9.78 Å². The molecule has 94 valence electrons. The monoisotopic (exact) mass is 244 g/mol. The van der Waals surface area contributed by atoms with Gasteiger partial charge in [0.2, 0.25) is 0 Å². The number of hydrogen-bond acceptors (Lipinski definition) is 4. The fraction of sp³-hybridized carbons (Fsp3) is 0.429. The van der Waals surface area contributed by atoms with Crippen LogP contribution in [0.3, 0.4) is 0 Å². The molecule has 0 aromatic carbocycles. The predicted molar refractivity (Wildman–Crippen MR) is 69.4 cm³/mol. The average molecular weight is 244 g/mol. The molecule has 1 aliphatic heterocycles. The van der Waals surface area contributed by atoms with Gasteiger partial charge in [0, 0.05) is 19.3 Å². The summed E-state index contributed by atoms with van der Waals surface area (Å²) in [5.41, 5.74) is 0.431. The number of nitrogens with zero attached hydrogens (tertiary/aromatic N) is 2. The zero-order valence-electron chi connectivity index (χ0n) is 10.4. The van der Waals surface area contributed by atoms with E-state index in [2.05, 4.69) is 15.8 Å². The summed E-state index contributed by atoms with van der Waals surface area (Å²) in [6, 6.07) is 3.58. The fourth-order valence-corrected chi connectivity index (χ4v) is 1.90. The van der Waals surface area contributed by atoms with Crippen LogP contribution in [0.4, 0.5) is 5.82 Å². The lowest BCUT2D eigenvalue weighted by atomic mass is 10.3.